The number of aliphatic hydroxyl groups is 3. The molecule has 34 heavy (non-hydrogen) atoms. The molecule has 0 aromatic heterocycles. The van der Waals surface area contributed by atoms with E-state index in [0.717, 1.165) is 32.1 Å². The molecule has 3 fully saturated rings. The second kappa shape index (κ2) is 8.28. The molecule has 4 heteroatoms. The van der Waals surface area contributed by atoms with Gasteiger partial charge in [-0.15, -0.1) is 0 Å². The minimum Gasteiger partial charge on any atom is -0.392 e. The van der Waals surface area contributed by atoms with Crippen LogP contribution >= 0.6 is 0 Å². The number of hydrogen-bond acceptors (Lipinski definition) is 4. The molecule has 4 aliphatic rings. The van der Waals surface area contributed by atoms with Crippen LogP contribution in [0.25, 0.3) is 0 Å². The summed E-state index contributed by atoms with van der Waals surface area (Å²) in [6.45, 7) is 19.2. The largest absolute Gasteiger partial charge is 0.392 e. The highest BCUT2D eigenvalue weighted by Gasteiger charge is 2.69. The fourth-order valence-corrected chi connectivity index (χ4v) is 9.63. The molecule has 4 aliphatic carbocycles. The zero-order valence-corrected chi connectivity index (χ0v) is 22.6. The molecule has 3 saturated carbocycles. The van der Waals surface area contributed by atoms with Crippen LogP contribution in [0.2, 0.25) is 0 Å². The van der Waals surface area contributed by atoms with E-state index in [1.165, 1.54) is 11.1 Å². The lowest BCUT2D eigenvalue weighted by Gasteiger charge is -2.69. The Morgan fingerprint density at radius 2 is 1.74 bits per heavy atom. The molecule has 0 saturated heterocycles. The van der Waals surface area contributed by atoms with Gasteiger partial charge >= 0.3 is 0 Å². The van der Waals surface area contributed by atoms with E-state index in [1.807, 2.05) is 0 Å². The molecule has 0 spiro atoms. The van der Waals surface area contributed by atoms with E-state index in [0.29, 0.717) is 36.5 Å². The number of rotatable bonds is 5. The molecule has 9 atom stereocenters. The van der Waals surface area contributed by atoms with Gasteiger partial charge in [0.05, 0.1) is 12.2 Å². The molecule has 3 N–H and O–H groups in total. The molecular formula is C30H48O4. The van der Waals surface area contributed by atoms with Gasteiger partial charge in [0.2, 0.25) is 0 Å². The molecule has 4 nitrogen and oxygen atoms in total. The minimum absolute atomic E-state index is 0.0149. The highest BCUT2D eigenvalue weighted by atomic mass is 16.3. The average Bonchev–Trinajstić information content (AvgIpc) is 3.08. The number of fused-ring (bicyclic) bond motifs is 5. The second-order valence-corrected chi connectivity index (χ2v) is 13.7. The summed E-state index contributed by atoms with van der Waals surface area (Å²) in [5.74, 6) is 1.06. The Balaban J connectivity index is 1.69. The van der Waals surface area contributed by atoms with Crippen LogP contribution in [0.4, 0.5) is 0 Å². The average molecular weight is 473 g/mol. The summed E-state index contributed by atoms with van der Waals surface area (Å²) in [4.78, 5) is 12.9. The summed E-state index contributed by atoms with van der Waals surface area (Å²) < 4.78 is 0. The smallest absolute Gasteiger partial charge is 0.138 e. The van der Waals surface area contributed by atoms with Gasteiger partial charge in [0.15, 0.2) is 0 Å². The van der Waals surface area contributed by atoms with Crippen molar-refractivity contribution in [1.82, 2.24) is 0 Å². The van der Waals surface area contributed by atoms with Crippen molar-refractivity contribution in [3.05, 3.63) is 23.3 Å². The molecule has 0 aliphatic heterocycles. The predicted octanol–water partition coefficient (Wildman–Crippen LogP) is 5.60. The van der Waals surface area contributed by atoms with Crippen molar-refractivity contribution in [2.24, 2.45) is 39.4 Å². The van der Waals surface area contributed by atoms with Crippen LogP contribution in [0.5, 0.6) is 0 Å². The number of hydrogen-bond donors (Lipinski definition) is 3. The monoisotopic (exact) mass is 472 g/mol. The first-order valence-corrected chi connectivity index (χ1v) is 13.6. The van der Waals surface area contributed by atoms with Gasteiger partial charge < -0.3 is 15.3 Å². The van der Waals surface area contributed by atoms with Crippen molar-refractivity contribution in [1.29, 1.82) is 0 Å². The van der Waals surface area contributed by atoms with Crippen molar-refractivity contribution < 1.29 is 20.1 Å². The second-order valence-electron chi connectivity index (χ2n) is 13.7. The van der Waals surface area contributed by atoms with Gasteiger partial charge in [-0.3, -0.25) is 4.79 Å². The predicted molar refractivity (Wildman–Crippen MR) is 136 cm³/mol. The molecule has 0 bridgehead atoms. The Bertz CT molecular complexity index is 901. The summed E-state index contributed by atoms with van der Waals surface area (Å²) in [6, 6.07) is 0. The molecule has 0 aromatic rings. The summed E-state index contributed by atoms with van der Waals surface area (Å²) in [5.41, 5.74) is 3.06. The fourth-order valence-electron chi connectivity index (χ4n) is 9.63. The normalized spacial score (nSPS) is 44.1. The Hall–Kier alpha value is -0.970. The van der Waals surface area contributed by atoms with Crippen molar-refractivity contribution in [2.45, 2.75) is 118 Å². The number of allylic oxidation sites excluding steroid dienone is 1. The Morgan fingerprint density at radius 3 is 2.35 bits per heavy atom. The first kappa shape index (κ1) is 26.1. The highest BCUT2D eigenvalue weighted by molar-refractivity contribution is 5.85. The maximum Gasteiger partial charge on any atom is 0.138 e. The van der Waals surface area contributed by atoms with E-state index < -0.39 is 18.3 Å². The summed E-state index contributed by atoms with van der Waals surface area (Å²) in [5, 5.41) is 32.7. The topological polar surface area (TPSA) is 77.8 Å². The van der Waals surface area contributed by atoms with Gasteiger partial charge in [-0.05, 0) is 91.4 Å². The molecule has 192 valence electrons. The summed E-state index contributed by atoms with van der Waals surface area (Å²) in [7, 11) is 0. The quantitative estimate of drug-likeness (QED) is 0.455. The van der Waals surface area contributed by atoms with E-state index in [4.69, 9.17) is 0 Å². The van der Waals surface area contributed by atoms with Crippen LogP contribution in [0.15, 0.2) is 23.3 Å². The van der Waals surface area contributed by atoms with Crippen LogP contribution in [-0.4, -0.2) is 39.4 Å². The maximum absolute atomic E-state index is 12.9. The van der Waals surface area contributed by atoms with Crippen molar-refractivity contribution in [3.63, 3.8) is 0 Å². The fraction of sp³-hybridized carbons (Fsp3) is 0.833. The summed E-state index contributed by atoms with van der Waals surface area (Å²) >= 11 is 0. The first-order chi connectivity index (χ1) is 15.6. The van der Waals surface area contributed by atoms with Crippen LogP contribution in [-0.2, 0) is 4.79 Å². The van der Waals surface area contributed by atoms with Gasteiger partial charge in [0.25, 0.3) is 0 Å². The van der Waals surface area contributed by atoms with Gasteiger partial charge in [-0.1, -0.05) is 59.3 Å². The number of carbonyl (C=O) groups is 1. The third kappa shape index (κ3) is 3.45. The molecule has 0 heterocycles. The molecule has 0 radical (unpaired) electrons. The molecule has 0 amide bonds. The Kier molecular flexibility index (Phi) is 6.36. The highest BCUT2D eigenvalue weighted by Crippen LogP contribution is 2.74. The lowest BCUT2D eigenvalue weighted by atomic mass is 9.36. The number of aliphatic hydroxyl groups excluding tert-OH is 3. The van der Waals surface area contributed by atoms with Gasteiger partial charge in [0.1, 0.15) is 11.9 Å². The molecule has 0 unspecified atom stereocenters. The number of carbonyl (C=O) groups excluding carboxylic acids is 1. The zero-order valence-electron chi connectivity index (χ0n) is 22.6. The van der Waals surface area contributed by atoms with Crippen molar-refractivity contribution >= 4 is 5.78 Å². The SMILES string of the molecule is C=C(C)[C@H](O)[C@@H](O)C[C@@H](C)C1=C2C[C@H](O)[C@H]3[C@@]4(C)CCC(=O)C(C)(C)[C@@H]4CC[C@]3(C)[C@@]2(C)CC1. The van der Waals surface area contributed by atoms with Gasteiger partial charge in [-0.2, -0.15) is 0 Å². The third-order valence-electron chi connectivity index (χ3n) is 11.7. The van der Waals surface area contributed by atoms with Gasteiger partial charge in [0, 0.05) is 11.8 Å². The Labute approximate surface area is 206 Å². The molecule has 0 aromatic carbocycles. The maximum atomic E-state index is 12.9. The van der Waals surface area contributed by atoms with E-state index in [1.54, 1.807) is 6.92 Å². The molecular weight excluding hydrogens is 424 g/mol. The van der Waals surface area contributed by atoms with Crippen LogP contribution in [0, 0.1) is 39.4 Å². The van der Waals surface area contributed by atoms with E-state index in [2.05, 4.69) is 48.1 Å². The van der Waals surface area contributed by atoms with E-state index in [9.17, 15) is 20.1 Å². The first-order valence-electron chi connectivity index (χ1n) is 13.6. The van der Waals surface area contributed by atoms with Crippen LogP contribution in [0.3, 0.4) is 0 Å². The third-order valence-corrected chi connectivity index (χ3v) is 11.7. The standard InChI is InChI=1S/C30H48O4/c1-17(2)25(34)21(31)15-18(3)19-9-13-29(7)20(19)16-22(32)26-28(6)12-11-24(33)27(4,5)23(28)10-14-30(26,29)8/h18,21-23,25-26,31-32,34H,1,9-16H2,2-8H3/t18-,21+,22+,23+,25+,26+,28+,29+,30+/m1/s1. The van der Waals surface area contributed by atoms with E-state index in [-0.39, 0.29) is 33.5 Å². The number of ketones is 1. The molecule has 4 rings (SSSR count). The summed E-state index contributed by atoms with van der Waals surface area (Å²) in [6.07, 6.45) is 4.79. The van der Waals surface area contributed by atoms with Crippen molar-refractivity contribution in [3.8, 4) is 0 Å². The lowest BCUT2D eigenvalue weighted by molar-refractivity contribution is -0.208. The van der Waals surface area contributed by atoms with E-state index >= 15 is 0 Å². The Morgan fingerprint density at radius 1 is 1.09 bits per heavy atom. The van der Waals surface area contributed by atoms with Crippen LogP contribution < -0.4 is 0 Å². The van der Waals surface area contributed by atoms with Gasteiger partial charge in [-0.25, -0.2) is 0 Å². The van der Waals surface area contributed by atoms with Crippen LogP contribution in [0.1, 0.15) is 99.8 Å². The zero-order chi connectivity index (χ0) is 25.4. The number of Topliss-reactive ketones (excluding diaryl/α,β-unsaturated/α-hetero) is 1. The lowest BCUT2D eigenvalue weighted by Crippen LogP contribution is -2.65. The van der Waals surface area contributed by atoms with Crippen molar-refractivity contribution in [2.75, 3.05) is 0 Å². The minimum atomic E-state index is -0.896.